The first-order valence-corrected chi connectivity index (χ1v) is 8.21. The molecule has 1 N–H and O–H groups in total. The van der Waals surface area contributed by atoms with Gasteiger partial charge in [0, 0.05) is 0 Å². The van der Waals surface area contributed by atoms with E-state index in [1.54, 1.807) is 6.92 Å². The zero-order valence-corrected chi connectivity index (χ0v) is 13.1. The first-order chi connectivity index (χ1) is 8.81. The molecule has 0 spiro atoms. The number of anilines is 1. The molecule has 0 aliphatic rings. The summed E-state index contributed by atoms with van der Waals surface area (Å²) in [5.41, 5.74) is 2.76. The maximum Gasteiger partial charge on any atom is 0.273 e. The van der Waals surface area contributed by atoms with Crippen molar-refractivity contribution in [3.8, 4) is 0 Å². The van der Waals surface area contributed by atoms with Crippen LogP contribution < -0.4 is 4.72 Å². The highest BCUT2D eigenvalue weighted by molar-refractivity contribution is 7.94. The van der Waals surface area contributed by atoms with Crippen LogP contribution in [0.15, 0.2) is 22.4 Å². The third-order valence-corrected chi connectivity index (χ3v) is 5.91. The number of sulfonamides is 1. The molecule has 2 aromatic rings. The molecule has 1 aromatic heterocycles. The molecule has 0 fully saturated rings. The lowest BCUT2D eigenvalue weighted by Gasteiger charge is -2.12. The van der Waals surface area contributed by atoms with Crippen molar-refractivity contribution < 1.29 is 8.42 Å². The minimum absolute atomic E-state index is 0.153. The summed E-state index contributed by atoms with van der Waals surface area (Å²) < 4.78 is 27.7. The molecule has 7 heteroatoms. The fourth-order valence-corrected chi connectivity index (χ4v) is 4.70. The molecule has 0 saturated heterocycles. The van der Waals surface area contributed by atoms with E-state index in [2.05, 4.69) is 9.71 Å². The van der Waals surface area contributed by atoms with Crippen molar-refractivity contribution in [2.75, 3.05) is 4.72 Å². The maximum atomic E-state index is 12.3. The van der Waals surface area contributed by atoms with Gasteiger partial charge in [0.1, 0.15) is 0 Å². The van der Waals surface area contributed by atoms with Gasteiger partial charge >= 0.3 is 0 Å². The van der Waals surface area contributed by atoms with Crippen molar-refractivity contribution in [1.82, 2.24) is 4.98 Å². The van der Waals surface area contributed by atoms with E-state index < -0.39 is 10.0 Å². The summed E-state index contributed by atoms with van der Waals surface area (Å²) in [4.78, 5) is 3.93. The Labute approximate surface area is 121 Å². The van der Waals surface area contributed by atoms with E-state index in [-0.39, 0.29) is 8.68 Å². The van der Waals surface area contributed by atoms with Crippen LogP contribution in [0.1, 0.15) is 16.8 Å². The largest absolute Gasteiger partial charge is 0.278 e. The van der Waals surface area contributed by atoms with Crippen molar-refractivity contribution in [3.05, 3.63) is 39.5 Å². The summed E-state index contributed by atoms with van der Waals surface area (Å²) >= 11 is 6.71. The van der Waals surface area contributed by atoms with Crippen molar-refractivity contribution in [2.45, 2.75) is 25.0 Å². The van der Waals surface area contributed by atoms with E-state index in [4.69, 9.17) is 11.6 Å². The number of aryl methyl sites for hydroxylation is 3. The zero-order chi connectivity index (χ0) is 14.2. The Morgan fingerprint density at radius 1 is 1.21 bits per heavy atom. The first kappa shape index (κ1) is 14.3. The quantitative estimate of drug-likeness (QED) is 0.942. The monoisotopic (exact) mass is 316 g/mol. The van der Waals surface area contributed by atoms with Gasteiger partial charge in [-0.25, -0.2) is 13.4 Å². The third-order valence-electron chi connectivity index (χ3n) is 2.69. The van der Waals surface area contributed by atoms with Crippen LogP contribution >= 0.6 is 22.9 Å². The van der Waals surface area contributed by atoms with Crippen molar-refractivity contribution in [3.63, 3.8) is 0 Å². The van der Waals surface area contributed by atoms with E-state index in [0.29, 0.717) is 11.4 Å². The number of nitrogens with zero attached hydrogens (tertiary/aromatic N) is 1. The molecule has 0 amide bonds. The Hall–Kier alpha value is -1.11. The van der Waals surface area contributed by atoms with E-state index in [9.17, 15) is 8.42 Å². The van der Waals surface area contributed by atoms with Crippen LogP contribution in [-0.4, -0.2) is 13.4 Å². The number of hydrogen-bond donors (Lipinski definition) is 1. The molecule has 0 aliphatic carbocycles. The highest BCUT2D eigenvalue weighted by Crippen LogP contribution is 2.30. The minimum atomic E-state index is -3.65. The number of aromatic nitrogens is 1. The lowest BCUT2D eigenvalue weighted by atomic mass is 10.1. The maximum absolute atomic E-state index is 12.3. The Morgan fingerprint density at radius 3 is 2.26 bits per heavy atom. The smallest absolute Gasteiger partial charge is 0.273 e. The van der Waals surface area contributed by atoms with Gasteiger partial charge in [0.15, 0.2) is 8.68 Å². The molecule has 0 aliphatic heterocycles. The highest BCUT2D eigenvalue weighted by Gasteiger charge is 2.22. The molecule has 1 aromatic carbocycles. The molecule has 0 atom stereocenters. The van der Waals surface area contributed by atoms with Gasteiger partial charge in [-0.1, -0.05) is 41.1 Å². The molecule has 2 rings (SSSR count). The first-order valence-electron chi connectivity index (χ1n) is 5.53. The molecular weight excluding hydrogens is 304 g/mol. The SMILES string of the molecule is Cc1cccc(C)c1NS(=O)(=O)c1sc(Cl)nc1C. The van der Waals surface area contributed by atoms with Crippen LogP contribution in [0.2, 0.25) is 4.47 Å². The van der Waals surface area contributed by atoms with Gasteiger partial charge in [-0.2, -0.15) is 0 Å². The van der Waals surface area contributed by atoms with Crippen LogP contribution in [-0.2, 0) is 10.0 Å². The number of rotatable bonds is 3. The van der Waals surface area contributed by atoms with Gasteiger partial charge in [-0.15, -0.1) is 0 Å². The van der Waals surface area contributed by atoms with Crippen LogP contribution in [0.5, 0.6) is 0 Å². The number of benzene rings is 1. The summed E-state index contributed by atoms with van der Waals surface area (Å²) in [5.74, 6) is 0. The highest BCUT2D eigenvalue weighted by atomic mass is 35.5. The Kier molecular flexibility index (Phi) is 3.85. The van der Waals surface area contributed by atoms with E-state index in [1.165, 1.54) is 0 Å². The van der Waals surface area contributed by atoms with E-state index >= 15 is 0 Å². The third kappa shape index (κ3) is 2.91. The molecular formula is C12H13ClN2O2S2. The fraction of sp³-hybridized carbons (Fsp3) is 0.250. The summed E-state index contributed by atoms with van der Waals surface area (Å²) in [6, 6.07) is 5.60. The molecule has 0 unspecified atom stereocenters. The predicted molar refractivity (Wildman–Crippen MR) is 78.6 cm³/mol. The van der Waals surface area contributed by atoms with Crippen molar-refractivity contribution in [1.29, 1.82) is 0 Å². The number of nitrogens with one attached hydrogen (secondary N) is 1. The van der Waals surface area contributed by atoms with Gasteiger partial charge in [0.2, 0.25) is 0 Å². The standard InChI is InChI=1S/C12H13ClN2O2S2/c1-7-5-4-6-8(2)10(7)15-19(16,17)11-9(3)14-12(13)18-11/h4-6,15H,1-3H3. The number of hydrogen-bond acceptors (Lipinski definition) is 4. The van der Waals surface area contributed by atoms with Gasteiger partial charge in [-0.05, 0) is 31.9 Å². The minimum Gasteiger partial charge on any atom is -0.278 e. The van der Waals surface area contributed by atoms with Crippen molar-refractivity contribution in [2.24, 2.45) is 0 Å². The molecule has 0 bridgehead atoms. The van der Waals surface area contributed by atoms with Gasteiger partial charge in [0.25, 0.3) is 10.0 Å². The second kappa shape index (κ2) is 5.11. The summed E-state index contributed by atoms with van der Waals surface area (Å²) in [6.07, 6.45) is 0. The normalized spacial score (nSPS) is 11.6. The lowest BCUT2D eigenvalue weighted by Crippen LogP contribution is -2.14. The average Bonchev–Trinajstić information content (AvgIpc) is 2.64. The Balaban J connectivity index is 2.45. The number of halogens is 1. The van der Waals surface area contributed by atoms with Gasteiger partial charge in [-0.3, -0.25) is 4.72 Å². The van der Waals surface area contributed by atoms with Crippen LogP contribution in [0, 0.1) is 20.8 Å². The van der Waals surface area contributed by atoms with Crippen LogP contribution in [0.4, 0.5) is 5.69 Å². The molecule has 0 saturated carbocycles. The topological polar surface area (TPSA) is 59.1 Å². The van der Waals surface area contributed by atoms with Crippen molar-refractivity contribution >= 4 is 38.6 Å². The average molecular weight is 317 g/mol. The van der Waals surface area contributed by atoms with E-state index in [0.717, 1.165) is 22.5 Å². The predicted octanol–water partition coefficient (Wildman–Crippen LogP) is 3.52. The van der Waals surface area contributed by atoms with Gasteiger partial charge < -0.3 is 0 Å². The Bertz CT molecular complexity index is 703. The van der Waals surface area contributed by atoms with Crippen LogP contribution in [0.25, 0.3) is 0 Å². The zero-order valence-electron chi connectivity index (χ0n) is 10.7. The second-order valence-corrected chi connectivity index (χ2v) is 7.67. The molecule has 0 radical (unpaired) electrons. The van der Waals surface area contributed by atoms with Gasteiger partial charge in [0.05, 0.1) is 11.4 Å². The van der Waals surface area contributed by atoms with Crippen LogP contribution in [0.3, 0.4) is 0 Å². The summed E-state index contributed by atoms with van der Waals surface area (Å²) in [6.45, 7) is 5.34. The summed E-state index contributed by atoms with van der Waals surface area (Å²) in [5, 5.41) is 0. The molecule has 102 valence electrons. The summed E-state index contributed by atoms with van der Waals surface area (Å²) in [7, 11) is -3.65. The number of para-hydroxylation sites is 1. The fourth-order valence-electron chi connectivity index (χ4n) is 1.76. The molecule has 19 heavy (non-hydrogen) atoms. The Morgan fingerprint density at radius 2 is 1.79 bits per heavy atom. The molecule has 1 heterocycles. The van der Waals surface area contributed by atoms with E-state index in [1.807, 2.05) is 32.0 Å². The second-order valence-electron chi connectivity index (χ2n) is 4.21. The lowest BCUT2D eigenvalue weighted by molar-refractivity contribution is 0.602. The molecule has 4 nitrogen and oxygen atoms in total. The number of thiazole rings is 1.